The first-order chi connectivity index (χ1) is 14.9. The molecule has 2 aliphatic heterocycles. The zero-order valence-electron chi connectivity index (χ0n) is 18.7. The molecule has 1 aromatic rings. The van der Waals surface area contributed by atoms with Crippen LogP contribution in [0.2, 0.25) is 0 Å². The second-order valence-corrected chi connectivity index (χ2v) is 10.9. The van der Waals surface area contributed by atoms with E-state index in [4.69, 9.17) is 4.74 Å². The molecule has 2 heterocycles. The van der Waals surface area contributed by atoms with Crippen LogP contribution in [0.5, 0.6) is 5.75 Å². The summed E-state index contributed by atoms with van der Waals surface area (Å²) in [6.45, 7) is 5.20. The van der Waals surface area contributed by atoms with E-state index in [1.54, 1.807) is 35.2 Å². The van der Waals surface area contributed by atoms with E-state index in [-0.39, 0.29) is 23.9 Å². The Morgan fingerprint density at radius 1 is 1.13 bits per heavy atom. The molecule has 31 heavy (non-hydrogen) atoms. The highest BCUT2D eigenvalue weighted by Crippen LogP contribution is 2.25. The Labute approximate surface area is 186 Å². The highest BCUT2D eigenvalue weighted by atomic mass is 32.2. The second-order valence-electron chi connectivity index (χ2n) is 8.65. The van der Waals surface area contributed by atoms with Crippen molar-refractivity contribution in [1.82, 2.24) is 14.7 Å². The number of rotatable bonds is 10. The molecule has 0 N–H and O–H groups in total. The lowest BCUT2D eigenvalue weighted by molar-refractivity contribution is -0.129. The van der Waals surface area contributed by atoms with Gasteiger partial charge in [-0.1, -0.05) is 12.5 Å². The van der Waals surface area contributed by atoms with Gasteiger partial charge >= 0.3 is 0 Å². The maximum Gasteiger partial charge on any atom is 0.246 e. The predicted molar refractivity (Wildman–Crippen MR) is 122 cm³/mol. The van der Waals surface area contributed by atoms with Gasteiger partial charge < -0.3 is 19.4 Å². The average Bonchev–Trinajstić information content (AvgIpc) is 2.71. The van der Waals surface area contributed by atoms with E-state index in [0.717, 1.165) is 13.0 Å². The molecule has 0 aliphatic carbocycles. The van der Waals surface area contributed by atoms with Crippen LogP contribution in [-0.2, 0) is 14.6 Å². The van der Waals surface area contributed by atoms with Gasteiger partial charge in [0.05, 0.1) is 11.5 Å². The molecule has 0 aromatic heterocycles. The van der Waals surface area contributed by atoms with E-state index in [9.17, 15) is 13.2 Å². The van der Waals surface area contributed by atoms with Crippen LogP contribution in [0.15, 0.2) is 41.3 Å². The third-order valence-electron chi connectivity index (χ3n) is 5.82. The number of amides is 1. The van der Waals surface area contributed by atoms with E-state index in [1.165, 1.54) is 38.4 Å². The van der Waals surface area contributed by atoms with E-state index in [2.05, 4.69) is 4.90 Å². The van der Waals surface area contributed by atoms with Crippen LogP contribution in [0.1, 0.15) is 25.7 Å². The van der Waals surface area contributed by atoms with Crippen LogP contribution in [0.25, 0.3) is 0 Å². The Bertz CT molecular complexity index is 840. The molecule has 2 fully saturated rings. The Hall–Kier alpha value is -1.90. The van der Waals surface area contributed by atoms with Crippen LogP contribution in [0.4, 0.5) is 0 Å². The van der Waals surface area contributed by atoms with Crippen LogP contribution in [-0.4, -0.2) is 94.2 Å². The lowest BCUT2D eigenvalue weighted by Gasteiger charge is -2.38. The fraction of sp³-hybridized carbons (Fsp3) is 0.609. The lowest BCUT2D eigenvalue weighted by Crippen LogP contribution is -2.56. The fourth-order valence-electron chi connectivity index (χ4n) is 3.86. The van der Waals surface area contributed by atoms with Crippen molar-refractivity contribution in [2.45, 2.75) is 35.8 Å². The molecule has 0 atom stereocenters. The summed E-state index contributed by atoms with van der Waals surface area (Å²) >= 11 is 0. The Kier molecular flexibility index (Phi) is 8.51. The number of hydrogen-bond acceptors (Lipinski definition) is 6. The van der Waals surface area contributed by atoms with Gasteiger partial charge in [0.15, 0.2) is 9.84 Å². The van der Waals surface area contributed by atoms with Crippen LogP contribution in [0, 0.1) is 0 Å². The first kappa shape index (κ1) is 23.8. The molecule has 3 rings (SSSR count). The maximum atomic E-state index is 12.8. The van der Waals surface area contributed by atoms with Crippen molar-refractivity contribution in [3.63, 3.8) is 0 Å². The molecule has 0 spiro atoms. The molecular weight excluding hydrogens is 414 g/mol. The number of likely N-dealkylation sites (N-methyl/N-ethyl adjacent to an activating group) is 1. The zero-order chi connectivity index (χ0) is 22.3. The molecule has 0 saturated carbocycles. The largest absolute Gasteiger partial charge is 0.494 e. The van der Waals surface area contributed by atoms with Gasteiger partial charge in [-0.25, -0.2) is 8.42 Å². The van der Waals surface area contributed by atoms with Crippen molar-refractivity contribution in [3.05, 3.63) is 36.4 Å². The highest BCUT2D eigenvalue weighted by molar-refractivity contribution is 7.92. The summed E-state index contributed by atoms with van der Waals surface area (Å²) in [5.74, 6) is 0.552. The van der Waals surface area contributed by atoms with Crippen molar-refractivity contribution < 1.29 is 17.9 Å². The number of benzene rings is 1. The van der Waals surface area contributed by atoms with Crippen LogP contribution >= 0.6 is 0 Å². The molecule has 8 heteroatoms. The molecule has 1 aromatic carbocycles. The number of nitrogens with zero attached hydrogens (tertiary/aromatic N) is 3. The Morgan fingerprint density at radius 3 is 2.45 bits per heavy atom. The average molecular weight is 450 g/mol. The SMILES string of the molecule is CN(C)C/C=C/C(=O)N1CC(S(=O)(=O)c2ccc(OCCCN3CCCCC3)cc2)C1. The fourth-order valence-corrected chi connectivity index (χ4v) is 5.52. The minimum atomic E-state index is -3.45. The molecule has 0 unspecified atom stereocenters. The molecule has 7 nitrogen and oxygen atoms in total. The minimum absolute atomic E-state index is 0.137. The van der Waals surface area contributed by atoms with E-state index in [1.807, 2.05) is 19.0 Å². The van der Waals surface area contributed by atoms with Gasteiger partial charge in [0, 0.05) is 32.3 Å². The predicted octanol–water partition coefficient (Wildman–Crippen LogP) is 2.04. The summed E-state index contributed by atoms with van der Waals surface area (Å²) in [5, 5.41) is -0.546. The van der Waals surface area contributed by atoms with Crippen LogP contribution in [0.3, 0.4) is 0 Å². The summed E-state index contributed by atoms with van der Waals surface area (Å²) in [5.41, 5.74) is 0. The van der Waals surface area contributed by atoms with Gasteiger partial charge in [-0.3, -0.25) is 4.79 Å². The molecule has 1 amide bonds. The molecular formula is C23H35N3O4S. The molecule has 0 radical (unpaired) electrons. The second kappa shape index (κ2) is 11.1. The first-order valence-corrected chi connectivity index (χ1v) is 12.7. The number of carbonyl (C=O) groups excluding carboxylic acids is 1. The number of piperidine rings is 1. The number of sulfone groups is 1. The molecule has 172 valence electrons. The van der Waals surface area contributed by atoms with Gasteiger partial charge in [0.25, 0.3) is 0 Å². The molecule has 2 saturated heterocycles. The van der Waals surface area contributed by atoms with E-state index in [0.29, 0.717) is 18.9 Å². The smallest absolute Gasteiger partial charge is 0.246 e. The standard InChI is InChI=1S/C23H35N3O4S/c1-24(2)13-6-8-23(27)26-18-22(19-26)31(28,29)21-11-9-20(10-12-21)30-17-7-16-25-14-4-3-5-15-25/h6,8-12,22H,3-5,7,13-19H2,1-2H3/b8-6+. The van der Waals surface area contributed by atoms with Gasteiger partial charge in [-0.05, 0) is 70.7 Å². The molecule has 0 bridgehead atoms. The highest BCUT2D eigenvalue weighted by Gasteiger charge is 2.39. The van der Waals surface area contributed by atoms with Gasteiger partial charge in [0.2, 0.25) is 5.91 Å². The van der Waals surface area contributed by atoms with Crippen molar-refractivity contribution in [2.24, 2.45) is 0 Å². The third kappa shape index (κ3) is 6.79. The topological polar surface area (TPSA) is 70.2 Å². The number of hydrogen-bond donors (Lipinski definition) is 0. The van der Waals surface area contributed by atoms with E-state index < -0.39 is 15.1 Å². The monoisotopic (exact) mass is 449 g/mol. The van der Waals surface area contributed by atoms with Crippen molar-refractivity contribution in [3.8, 4) is 5.75 Å². The number of carbonyl (C=O) groups is 1. The minimum Gasteiger partial charge on any atom is -0.494 e. The van der Waals surface area contributed by atoms with Gasteiger partial charge in [0.1, 0.15) is 11.0 Å². The van der Waals surface area contributed by atoms with Gasteiger partial charge in [-0.2, -0.15) is 0 Å². The summed E-state index contributed by atoms with van der Waals surface area (Å²) in [7, 11) is 0.400. The summed E-state index contributed by atoms with van der Waals surface area (Å²) in [6, 6.07) is 6.66. The summed E-state index contributed by atoms with van der Waals surface area (Å²) in [4.78, 5) is 18.4. The molecule has 2 aliphatic rings. The quantitative estimate of drug-likeness (QED) is 0.402. The van der Waals surface area contributed by atoms with Crippen molar-refractivity contribution in [1.29, 1.82) is 0 Å². The third-order valence-corrected chi connectivity index (χ3v) is 7.92. The lowest BCUT2D eigenvalue weighted by atomic mass is 10.1. The Morgan fingerprint density at radius 2 is 1.81 bits per heavy atom. The van der Waals surface area contributed by atoms with Crippen molar-refractivity contribution >= 4 is 15.7 Å². The van der Waals surface area contributed by atoms with Gasteiger partial charge in [-0.15, -0.1) is 0 Å². The summed E-state index contributed by atoms with van der Waals surface area (Å²) < 4.78 is 31.4. The zero-order valence-corrected chi connectivity index (χ0v) is 19.5. The number of ether oxygens (including phenoxy) is 1. The van der Waals surface area contributed by atoms with Crippen LogP contribution < -0.4 is 4.74 Å². The number of likely N-dealkylation sites (tertiary alicyclic amines) is 2. The van der Waals surface area contributed by atoms with Crippen molar-refractivity contribution in [2.75, 3.05) is 60.0 Å². The Balaban J connectivity index is 1.42. The van der Waals surface area contributed by atoms with E-state index >= 15 is 0 Å². The normalized spacial score (nSPS) is 18.5. The first-order valence-electron chi connectivity index (χ1n) is 11.2. The maximum absolute atomic E-state index is 12.8. The summed E-state index contributed by atoms with van der Waals surface area (Å²) in [6.07, 6.45) is 8.18.